The molecule has 3 unspecified atom stereocenters. The molecule has 0 aromatic rings. The smallest absolute Gasteiger partial charge is 0.0950 e. The number of hydrogen-bond acceptors (Lipinski definition) is 4. The highest BCUT2D eigenvalue weighted by atomic mass is 16.5. The highest BCUT2D eigenvalue weighted by Gasteiger charge is 2.31. The Labute approximate surface area is 143 Å². The average molecular weight is 330 g/mol. The van der Waals surface area contributed by atoms with Crippen LogP contribution in [-0.4, -0.2) is 59.7 Å². The number of nitrogens with zero attached hydrogens (tertiary/aromatic N) is 1. The van der Waals surface area contributed by atoms with E-state index in [1.165, 1.54) is 19.3 Å². The molecule has 0 aromatic carbocycles. The number of β-amino-alcohol motifs (C(OH)–C–C–N with tert-alkyl or cyclic N) is 1. The highest BCUT2D eigenvalue weighted by molar-refractivity contribution is 4.84. The first-order chi connectivity index (χ1) is 10.8. The lowest BCUT2D eigenvalue weighted by Crippen LogP contribution is -2.49. The molecule has 0 amide bonds. The molecule has 0 aliphatic carbocycles. The van der Waals surface area contributed by atoms with Crippen LogP contribution in [-0.2, 0) is 4.74 Å². The van der Waals surface area contributed by atoms with E-state index in [9.17, 15) is 10.2 Å². The van der Waals surface area contributed by atoms with Crippen molar-refractivity contribution < 1.29 is 14.9 Å². The first-order valence-corrected chi connectivity index (χ1v) is 9.52. The van der Waals surface area contributed by atoms with Crippen molar-refractivity contribution in [2.45, 2.75) is 77.9 Å². The Kier molecular flexibility index (Phi) is 9.67. The number of rotatable bonds is 11. The lowest BCUT2D eigenvalue weighted by Gasteiger charge is -2.35. The lowest BCUT2D eigenvalue weighted by molar-refractivity contribution is -0.0887. The zero-order valence-electron chi connectivity index (χ0n) is 15.8. The topological polar surface area (TPSA) is 52.9 Å². The monoisotopic (exact) mass is 329 g/mol. The van der Waals surface area contributed by atoms with E-state index in [1.54, 1.807) is 6.92 Å². The first-order valence-electron chi connectivity index (χ1n) is 9.52. The van der Waals surface area contributed by atoms with Gasteiger partial charge in [0.05, 0.1) is 24.9 Å². The van der Waals surface area contributed by atoms with Crippen LogP contribution in [0.5, 0.6) is 0 Å². The largest absolute Gasteiger partial charge is 0.389 e. The van der Waals surface area contributed by atoms with Crippen LogP contribution >= 0.6 is 0 Å². The summed E-state index contributed by atoms with van der Waals surface area (Å²) >= 11 is 0. The van der Waals surface area contributed by atoms with Crippen molar-refractivity contribution in [1.29, 1.82) is 0 Å². The molecule has 0 radical (unpaired) electrons. The van der Waals surface area contributed by atoms with Crippen LogP contribution < -0.4 is 0 Å². The van der Waals surface area contributed by atoms with Crippen molar-refractivity contribution in [2.75, 3.05) is 32.8 Å². The highest BCUT2D eigenvalue weighted by Crippen LogP contribution is 2.23. The van der Waals surface area contributed by atoms with Gasteiger partial charge >= 0.3 is 0 Å². The van der Waals surface area contributed by atoms with E-state index in [2.05, 4.69) is 25.7 Å². The summed E-state index contributed by atoms with van der Waals surface area (Å²) in [4.78, 5) is 2.18. The van der Waals surface area contributed by atoms with E-state index in [4.69, 9.17) is 4.74 Å². The first kappa shape index (κ1) is 20.9. The minimum atomic E-state index is -0.990. The van der Waals surface area contributed by atoms with Crippen molar-refractivity contribution >= 4 is 0 Å². The van der Waals surface area contributed by atoms with Crippen LogP contribution in [0.15, 0.2) is 0 Å². The number of morpholine rings is 1. The fraction of sp³-hybridized carbons (Fsp3) is 1.00. The van der Waals surface area contributed by atoms with Gasteiger partial charge in [-0.1, -0.05) is 52.9 Å². The summed E-state index contributed by atoms with van der Waals surface area (Å²) in [6, 6.07) is 0. The van der Waals surface area contributed by atoms with Crippen molar-refractivity contribution in [2.24, 2.45) is 11.8 Å². The van der Waals surface area contributed by atoms with Crippen LogP contribution in [0.3, 0.4) is 0 Å². The van der Waals surface area contributed by atoms with Crippen LogP contribution in [0, 0.1) is 11.8 Å². The summed E-state index contributed by atoms with van der Waals surface area (Å²) in [5.74, 6) is 1.50. The molecular weight excluding hydrogens is 290 g/mol. The van der Waals surface area contributed by atoms with Crippen LogP contribution in [0.4, 0.5) is 0 Å². The van der Waals surface area contributed by atoms with Gasteiger partial charge in [-0.2, -0.15) is 0 Å². The lowest BCUT2D eigenvalue weighted by atomic mass is 9.88. The van der Waals surface area contributed by atoms with E-state index < -0.39 is 11.7 Å². The molecule has 2 N–H and O–H groups in total. The van der Waals surface area contributed by atoms with Gasteiger partial charge in [0.2, 0.25) is 0 Å². The quantitative estimate of drug-likeness (QED) is 0.612. The second kappa shape index (κ2) is 10.7. The van der Waals surface area contributed by atoms with Crippen molar-refractivity contribution in [3.05, 3.63) is 0 Å². The molecule has 4 nitrogen and oxygen atoms in total. The van der Waals surface area contributed by atoms with Crippen molar-refractivity contribution in [1.82, 2.24) is 4.90 Å². The molecule has 0 spiro atoms. The fourth-order valence-corrected chi connectivity index (χ4v) is 3.22. The zero-order valence-corrected chi connectivity index (χ0v) is 15.8. The Bertz CT molecular complexity index is 301. The second-order valence-corrected chi connectivity index (χ2v) is 8.11. The Morgan fingerprint density at radius 3 is 2.26 bits per heavy atom. The zero-order chi connectivity index (χ0) is 17.3. The number of ether oxygens (including phenoxy) is 1. The molecular formula is C19H39NO3. The second-order valence-electron chi connectivity index (χ2n) is 8.11. The molecule has 4 heteroatoms. The fourth-order valence-electron chi connectivity index (χ4n) is 3.22. The van der Waals surface area contributed by atoms with Gasteiger partial charge in [0.25, 0.3) is 0 Å². The normalized spacial score (nSPS) is 22.0. The van der Waals surface area contributed by atoms with E-state index >= 15 is 0 Å². The van der Waals surface area contributed by atoms with Gasteiger partial charge in [-0.25, -0.2) is 0 Å². The van der Waals surface area contributed by atoms with Crippen LogP contribution in [0.25, 0.3) is 0 Å². The Balaban J connectivity index is 2.19. The molecule has 3 atom stereocenters. The summed E-state index contributed by atoms with van der Waals surface area (Å²) in [7, 11) is 0. The summed E-state index contributed by atoms with van der Waals surface area (Å²) in [5, 5.41) is 20.9. The van der Waals surface area contributed by atoms with Crippen molar-refractivity contribution in [3.8, 4) is 0 Å². The maximum Gasteiger partial charge on any atom is 0.0950 e. The molecule has 1 aliphatic rings. The number of aliphatic hydroxyl groups is 2. The van der Waals surface area contributed by atoms with Gasteiger partial charge in [0.1, 0.15) is 0 Å². The van der Waals surface area contributed by atoms with Crippen LogP contribution in [0.2, 0.25) is 0 Å². The third-order valence-electron chi connectivity index (χ3n) is 5.11. The Morgan fingerprint density at radius 1 is 1.04 bits per heavy atom. The molecule has 1 saturated heterocycles. The molecule has 0 saturated carbocycles. The Hall–Kier alpha value is -0.160. The molecule has 0 aromatic heterocycles. The van der Waals surface area contributed by atoms with E-state index in [-0.39, 0.29) is 0 Å². The third kappa shape index (κ3) is 9.04. The SMILES string of the molecule is CC(C)CCCC(C)CCCC(C)(O)C(O)CN1CCOCC1. The summed E-state index contributed by atoms with van der Waals surface area (Å²) in [5.41, 5.74) is -0.990. The van der Waals surface area contributed by atoms with Gasteiger partial charge in [-0.05, 0) is 25.2 Å². The molecule has 1 fully saturated rings. The number of aliphatic hydroxyl groups excluding tert-OH is 1. The molecule has 0 bridgehead atoms. The third-order valence-corrected chi connectivity index (χ3v) is 5.11. The summed E-state index contributed by atoms with van der Waals surface area (Å²) < 4.78 is 5.32. The van der Waals surface area contributed by atoms with Crippen molar-refractivity contribution in [3.63, 3.8) is 0 Å². The predicted octanol–water partition coefficient (Wildman–Crippen LogP) is 3.06. The van der Waals surface area contributed by atoms with Gasteiger partial charge in [-0.3, -0.25) is 4.90 Å². The number of hydrogen-bond donors (Lipinski definition) is 2. The van der Waals surface area contributed by atoms with E-state index in [0.717, 1.165) is 45.1 Å². The molecule has 1 rings (SSSR count). The van der Waals surface area contributed by atoms with E-state index in [1.807, 2.05) is 0 Å². The molecule has 23 heavy (non-hydrogen) atoms. The van der Waals surface area contributed by atoms with Gasteiger partial charge in [0.15, 0.2) is 0 Å². The minimum absolute atomic E-state index is 0.542. The van der Waals surface area contributed by atoms with Crippen LogP contribution in [0.1, 0.15) is 66.2 Å². The molecule has 1 heterocycles. The maximum atomic E-state index is 10.6. The van der Waals surface area contributed by atoms with Gasteiger partial charge in [-0.15, -0.1) is 0 Å². The van der Waals surface area contributed by atoms with Gasteiger partial charge < -0.3 is 14.9 Å². The Morgan fingerprint density at radius 2 is 1.65 bits per heavy atom. The molecule has 138 valence electrons. The minimum Gasteiger partial charge on any atom is -0.389 e. The molecule has 1 aliphatic heterocycles. The summed E-state index contributed by atoms with van der Waals surface area (Å²) in [6.45, 7) is 12.3. The predicted molar refractivity (Wildman–Crippen MR) is 95.6 cm³/mol. The standard InChI is InChI=1S/C19H39NO3/c1-16(2)7-5-8-17(3)9-6-10-19(4,22)18(21)15-20-11-13-23-14-12-20/h16-18,21-22H,5-15H2,1-4H3. The summed E-state index contributed by atoms with van der Waals surface area (Å²) in [6.07, 6.45) is 5.99. The van der Waals surface area contributed by atoms with Gasteiger partial charge in [0, 0.05) is 19.6 Å². The van der Waals surface area contributed by atoms with E-state index in [0.29, 0.717) is 18.9 Å². The maximum absolute atomic E-state index is 10.6. The average Bonchev–Trinajstić information content (AvgIpc) is 2.47.